The minimum absolute atomic E-state index is 0.175. The molecule has 0 radical (unpaired) electrons. The molecule has 2 rings (SSSR count). The first-order chi connectivity index (χ1) is 10.2. The van der Waals surface area contributed by atoms with Crippen LogP contribution in [-0.4, -0.2) is 21.9 Å². The summed E-state index contributed by atoms with van der Waals surface area (Å²) in [5.74, 6) is -0.472. The molecule has 0 aliphatic carbocycles. The number of hydrogen-bond acceptors (Lipinski definition) is 5. The number of nitriles is 1. The lowest BCUT2D eigenvalue weighted by Crippen LogP contribution is -2.43. The van der Waals surface area contributed by atoms with E-state index in [2.05, 4.69) is 26.1 Å². The van der Waals surface area contributed by atoms with Gasteiger partial charge in [0.05, 0.1) is 0 Å². The average molecular weight is 282 g/mol. The topological polar surface area (TPSA) is 120 Å². The van der Waals surface area contributed by atoms with Gasteiger partial charge in [-0.2, -0.15) is 5.26 Å². The number of amides is 3. The maximum Gasteiger partial charge on any atom is 0.337 e. The smallest absolute Gasteiger partial charge is 0.306 e. The highest BCUT2D eigenvalue weighted by Gasteiger charge is 2.07. The maximum atomic E-state index is 11.7. The fourth-order valence-electron chi connectivity index (χ4n) is 1.42. The molecule has 0 spiro atoms. The van der Waals surface area contributed by atoms with Crippen LogP contribution in [0.15, 0.2) is 42.9 Å². The van der Waals surface area contributed by atoms with Gasteiger partial charge in [0.2, 0.25) is 0 Å². The lowest BCUT2D eigenvalue weighted by atomic mass is 10.3. The van der Waals surface area contributed by atoms with Crippen LogP contribution >= 0.6 is 0 Å². The Bertz CT molecular complexity index is 695. The largest absolute Gasteiger partial charge is 0.337 e. The van der Waals surface area contributed by atoms with Crippen molar-refractivity contribution in [3.05, 3.63) is 54.1 Å². The molecule has 0 atom stereocenters. The number of hydrazine groups is 1. The SMILES string of the molecule is N#Cc1cc(NC(=O)NNC(=O)c2ccncc2)ccn1. The molecule has 0 saturated carbocycles. The number of carbonyl (C=O) groups excluding carboxylic acids is 2. The predicted octanol–water partition coefficient (Wildman–Crippen LogP) is 0.815. The van der Waals surface area contributed by atoms with E-state index < -0.39 is 11.9 Å². The van der Waals surface area contributed by atoms with E-state index in [9.17, 15) is 9.59 Å². The molecule has 0 saturated heterocycles. The molecule has 2 heterocycles. The molecule has 104 valence electrons. The van der Waals surface area contributed by atoms with Crippen molar-refractivity contribution in [2.45, 2.75) is 0 Å². The Kier molecular flexibility index (Phi) is 4.40. The zero-order valence-electron chi connectivity index (χ0n) is 10.7. The Morgan fingerprint density at radius 3 is 2.57 bits per heavy atom. The van der Waals surface area contributed by atoms with Gasteiger partial charge in [0, 0.05) is 29.8 Å². The molecule has 3 N–H and O–H groups in total. The third kappa shape index (κ3) is 4.00. The number of carbonyl (C=O) groups is 2. The minimum atomic E-state index is -0.646. The summed E-state index contributed by atoms with van der Waals surface area (Å²) in [6, 6.07) is 7.16. The second-order valence-electron chi connectivity index (χ2n) is 3.81. The van der Waals surface area contributed by atoms with E-state index >= 15 is 0 Å². The molecule has 0 aliphatic heterocycles. The van der Waals surface area contributed by atoms with Crippen molar-refractivity contribution in [3.8, 4) is 6.07 Å². The summed E-state index contributed by atoms with van der Waals surface area (Å²) in [6.07, 6.45) is 4.33. The molecule has 21 heavy (non-hydrogen) atoms. The zero-order valence-corrected chi connectivity index (χ0v) is 10.7. The third-order valence-electron chi connectivity index (χ3n) is 2.36. The normalized spacial score (nSPS) is 9.29. The van der Waals surface area contributed by atoms with Crippen LogP contribution < -0.4 is 16.2 Å². The molecule has 2 aromatic heterocycles. The number of hydrogen-bond donors (Lipinski definition) is 3. The van der Waals surface area contributed by atoms with Gasteiger partial charge in [0.1, 0.15) is 11.8 Å². The van der Waals surface area contributed by atoms with Crippen LogP contribution in [0, 0.1) is 11.3 Å². The lowest BCUT2D eigenvalue weighted by Gasteiger charge is -2.08. The second-order valence-corrected chi connectivity index (χ2v) is 3.81. The van der Waals surface area contributed by atoms with Crippen LogP contribution in [0.25, 0.3) is 0 Å². The van der Waals surface area contributed by atoms with Crippen LogP contribution in [0.3, 0.4) is 0 Å². The molecular formula is C13H10N6O2. The molecular weight excluding hydrogens is 272 g/mol. The van der Waals surface area contributed by atoms with Crippen molar-refractivity contribution in [2.75, 3.05) is 5.32 Å². The molecule has 0 bridgehead atoms. The highest BCUT2D eigenvalue weighted by Crippen LogP contribution is 2.06. The van der Waals surface area contributed by atoms with Gasteiger partial charge in [-0.05, 0) is 24.3 Å². The molecule has 0 fully saturated rings. The van der Waals surface area contributed by atoms with Crippen LogP contribution in [-0.2, 0) is 0 Å². The quantitative estimate of drug-likeness (QED) is 0.704. The Morgan fingerprint density at radius 1 is 1.10 bits per heavy atom. The number of rotatable bonds is 2. The third-order valence-corrected chi connectivity index (χ3v) is 2.36. The average Bonchev–Trinajstić information content (AvgIpc) is 2.53. The number of pyridine rings is 2. The first-order valence-corrected chi connectivity index (χ1v) is 5.82. The van der Waals surface area contributed by atoms with Gasteiger partial charge >= 0.3 is 6.03 Å². The number of urea groups is 1. The number of anilines is 1. The van der Waals surface area contributed by atoms with Crippen LogP contribution in [0.2, 0.25) is 0 Å². The van der Waals surface area contributed by atoms with E-state index in [-0.39, 0.29) is 5.69 Å². The Hall–Kier alpha value is -3.47. The van der Waals surface area contributed by atoms with E-state index in [1.165, 1.54) is 42.9 Å². The van der Waals surface area contributed by atoms with Crippen molar-refractivity contribution in [1.82, 2.24) is 20.8 Å². The van der Waals surface area contributed by atoms with Crippen molar-refractivity contribution < 1.29 is 9.59 Å². The summed E-state index contributed by atoms with van der Waals surface area (Å²) < 4.78 is 0. The minimum Gasteiger partial charge on any atom is -0.306 e. The number of nitrogens with zero attached hydrogens (tertiary/aromatic N) is 3. The Morgan fingerprint density at radius 2 is 1.86 bits per heavy atom. The van der Waals surface area contributed by atoms with Gasteiger partial charge in [0.15, 0.2) is 0 Å². The van der Waals surface area contributed by atoms with Crippen molar-refractivity contribution in [2.24, 2.45) is 0 Å². The van der Waals surface area contributed by atoms with Gasteiger partial charge in [-0.1, -0.05) is 0 Å². The Balaban J connectivity index is 1.88. The zero-order chi connectivity index (χ0) is 15.1. The fourth-order valence-corrected chi connectivity index (χ4v) is 1.42. The summed E-state index contributed by atoms with van der Waals surface area (Å²) in [5, 5.41) is 11.2. The van der Waals surface area contributed by atoms with Gasteiger partial charge in [-0.3, -0.25) is 15.2 Å². The summed E-state index contributed by atoms with van der Waals surface area (Å²) in [4.78, 5) is 30.8. The highest BCUT2D eigenvalue weighted by molar-refractivity contribution is 5.96. The Labute approximate surface area is 119 Å². The van der Waals surface area contributed by atoms with Gasteiger partial charge < -0.3 is 5.32 Å². The summed E-state index contributed by atoms with van der Waals surface area (Å²) in [6.45, 7) is 0. The first kappa shape index (κ1) is 14.0. The van der Waals surface area contributed by atoms with Crippen molar-refractivity contribution in [1.29, 1.82) is 5.26 Å². The standard InChI is InChI=1S/C13H10N6O2/c14-8-11-7-10(3-6-16-11)17-13(21)19-18-12(20)9-1-4-15-5-2-9/h1-7H,(H,18,20)(H2,16,17,19,21). The molecule has 0 aliphatic rings. The first-order valence-electron chi connectivity index (χ1n) is 5.82. The van der Waals surface area contributed by atoms with E-state index in [0.29, 0.717) is 11.3 Å². The van der Waals surface area contributed by atoms with Gasteiger partial charge in [-0.15, -0.1) is 0 Å². The molecule has 3 amide bonds. The van der Waals surface area contributed by atoms with Crippen LogP contribution in [0.1, 0.15) is 16.1 Å². The maximum absolute atomic E-state index is 11.7. The van der Waals surface area contributed by atoms with Crippen molar-refractivity contribution >= 4 is 17.6 Å². The van der Waals surface area contributed by atoms with Gasteiger partial charge in [0.25, 0.3) is 5.91 Å². The van der Waals surface area contributed by atoms with Gasteiger partial charge in [-0.25, -0.2) is 15.2 Å². The second kappa shape index (κ2) is 6.63. The molecule has 0 aromatic carbocycles. The van der Waals surface area contributed by atoms with Crippen LogP contribution in [0.4, 0.5) is 10.5 Å². The molecule has 8 nitrogen and oxygen atoms in total. The van der Waals surface area contributed by atoms with E-state index in [4.69, 9.17) is 5.26 Å². The molecule has 2 aromatic rings. The highest BCUT2D eigenvalue weighted by atomic mass is 16.2. The summed E-state index contributed by atoms with van der Waals surface area (Å²) in [5.41, 5.74) is 5.35. The number of nitrogens with one attached hydrogen (secondary N) is 3. The number of aromatic nitrogens is 2. The van der Waals surface area contributed by atoms with E-state index in [0.717, 1.165) is 0 Å². The molecule has 0 unspecified atom stereocenters. The summed E-state index contributed by atoms with van der Waals surface area (Å²) in [7, 11) is 0. The summed E-state index contributed by atoms with van der Waals surface area (Å²) >= 11 is 0. The fraction of sp³-hybridized carbons (Fsp3) is 0. The predicted molar refractivity (Wildman–Crippen MR) is 72.8 cm³/mol. The van der Waals surface area contributed by atoms with E-state index in [1.54, 1.807) is 0 Å². The molecule has 8 heteroatoms. The lowest BCUT2D eigenvalue weighted by molar-refractivity contribution is 0.0938. The van der Waals surface area contributed by atoms with Crippen molar-refractivity contribution in [3.63, 3.8) is 0 Å². The van der Waals surface area contributed by atoms with Crippen LogP contribution in [0.5, 0.6) is 0 Å². The monoisotopic (exact) mass is 282 g/mol. The van der Waals surface area contributed by atoms with E-state index in [1.807, 2.05) is 6.07 Å².